The maximum absolute atomic E-state index is 12.7. The van der Waals surface area contributed by atoms with E-state index in [1.807, 2.05) is 54.6 Å². The third-order valence-corrected chi connectivity index (χ3v) is 5.65. The van der Waals surface area contributed by atoms with Crippen LogP contribution in [0.1, 0.15) is 42.1 Å². The van der Waals surface area contributed by atoms with E-state index in [-0.39, 0.29) is 29.5 Å². The number of ether oxygens (including phenoxy) is 2. The molecule has 0 spiro atoms. The van der Waals surface area contributed by atoms with Gasteiger partial charge in [0.15, 0.2) is 6.61 Å². The summed E-state index contributed by atoms with van der Waals surface area (Å²) < 4.78 is 47.2. The smallest absolute Gasteiger partial charge is 0.422 e. The number of nitrogens with one attached hydrogen (secondary N) is 1. The zero-order chi connectivity index (χ0) is 24.1. The Balaban J connectivity index is 1.25. The van der Waals surface area contributed by atoms with E-state index in [4.69, 9.17) is 4.74 Å². The van der Waals surface area contributed by atoms with Crippen LogP contribution in [-0.4, -0.2) is 23.7 Å². The summed E-state index contributed by atoms with van der Waals surface area (Å²) in [6.45, 7) is 0.909. The van der Waals surface area contributed by atoms with Crippen molar-refractivity contribution in [1.29, 1.82) is 0 Å². The van der Waals surface area contributed by atoms with Crippen LogP contribution in [0.25, 0.3) is 0 Å². The van der Waals surface area contributed by atoms with E-state index in [2.05, 4.69) is 15.0 Å². The van der Waals surface area contributed by atoms with E-state index in [9.17, 15) is 18.0 Å². The van der Waals surface area contributed by atoms with Gasteiger partial charge in [-0.05, 0) is 54.7 Å². The third-order valence-electron chi connectivity index (χ3n) is 5.65. The van der Waals surface area contributed by atoms with Crippen molar-refractivity contribution in [2.45, 2.75) is 38.1 Å². The average molecular weight is 470 g/mol. The van der Waals surface area contributed by atoms with Crippen molar-refractivity contribution < 1.29 is 27.4 Å². The summed E-state index contributed by atoms with van der Waals surface area (Å²) in [5, 5.41) is 2.94. The summed E-state index contributed by atoms with van der Waals surface area (Å²) in [7, 11) is 0. The Bertz CT molecular complexity index is 1090. The maximum atomic E-state index is 12.7. The van der Waals surface area contributed by atoms with E-state index in [1.165, 1.54) is 12.3 Å². The summed E-state index contributed by atoms with van der Waals surface area (Å²) in [4.78, 5) is 16.8. The van der Waals surface area contributed by atoms with Crippen molar-refractivity contribution in [2.75, 3.05) is 6.61 Å². The lowest BCUT2D eigenvalue weighted by Gasteiger charge is -2.14. The second-order valence-electron chi connectivity index (χ2n) is 8.34. The molecule has 3 aromatic rings. The Morgan fingerprint density at radius 3 is 2.38 bits per heavy atom. The van der Waals surface area contributed by atoms with Crippen molar-refractivity contribution >= 4 is 5.91 Å². The standard InChI is InChI=1S/C26H25F3N2O3/c1-17(24-12-11-21(14-30-24)34-16-26(27,28)29)31-25(32)23-13-22(23)19-7-9-20(10-8-19)33-15-18-5-3-2-4-6-18/h2-12,14,17,22-23H,13,15-16H2,1H3,(H,31,32)/t17-,22+,23-/m0/s1. The maximum Gasteiger partial charge on any atom is 0.422 e. The van der Waals surface area contributed by atoms with Gasteiger partial charge in [-0.25, -0.2) is 0 Å². The number of pyridine rings is 1. The first-order valence-electron chi connectivity index (χ1n) is 11.0. The second-order valence-corrected chi connectivity index (χ2v) is 8.34. The van der Waals surface area contributed by atoms with Crippen molar-refractivity contribution in [1.82, 2.24) is 10.3 Å². The van der Waals surface area contributed by atoms with E-state index < -0.39 is 12.8 Å². The van der Waals surface area contributed by atoms with E-state index in [0.29, 0.717) is 12.3 Å². The molecule has 2 aromatic carbocycles. The van der Waals surface area contributed by atoms with Gasteiger partial charge in [0.05, 0.1) is 17.9 Å². The average Bonchev–Trinajstić information content (AvgIpc) is 3.63. The Morgan fingerprint density at radius 1 is 1.03 bits per heavy atom. The number of benzene rings is 2. The molecule has 1 heterocycles. The SMILES string of the molecule is C[C@H](NC(=O)[C@H]1C[C@@H]1c1ccc(OCc2ccccc2)cc1)c1ccc(OCC(F)(F)F)cn1. The molecule has 1 aromatic heterocycles. The fourth-order valence-electron chi connectivity index (χ4n) is 3.70. The van der Waals surface area contributed by atoms with Crippen molar-refractivity contribution in [3.8, 4) is 11.5 Å². The molecular formula is C26H25F3N2O3. The highest BCUT2D eigenvalue weighted by molar-refractivity contribution is 5.83. The molecule has 1 fully saturated rings. The zero-order valence-corrected chi connectivity index (χ0v) is 18.6. The number of rotatable bonds is 9. The van der Waals surface area contributed by atoms with Gasteiger partial charge in [0.25, 0.3) is 0 Å². The van der Waals surface area contributed by atoms with Gasteiger partial charge < -0.3 is 14.8 Å². The second kappa shape index (κ2) is 10.2. The molecule has 0 radical (unpaired) electrons. The summed E-state index contributed by atoms with van der Waals surface area (Å²) in [5.74, 6) is 0.769. The monoisotopic (exact) mass is 470 g/mol. The number of halogens is 3. The van der Waals surface area contributed by atoms with Crippen LogP contribution in [0, 0.1) is 5.92 Å². The van der Waals surface area contributed by atoms with Gasteiger partial charge in [-0.3, -0.25) is 9.78 Å². The molecule has 1 amide bonds. The molecule has 5 nitrogen and oxygen atoms in total. The normalized spacial score (nSPS) is 18.1. The molecule has 4 rings (SSSR count). The fraction of sp³-hybridized carbons (Fsp3) is 0.308. The molecule has 0 aliphatic heterocycles. The topological polar surface area (TPSA) is 60.5 Å². The van der Waals surface area contributed by atoms with Gasteiger partial charge in [-0.1, -0.05) is 42.5 Å². The van der Waals surface area contributed by atoms with Gasteiger partial charge in [-0.2, -0.15) is 13.2 Å². The quantitative estimate of drug-likeness (QED) is 0.443. The molecule has 0 saturated heterocycles. The molecule has 0 bridgehead atoms. The summed E-state index contributed by atoms with van der Waals surface area (Å²) in [5.41, 5.74) is 2.73. The van der Waals surface area contributed by atoms with E-state index >= 15 is 0 Å². The van der Waals surface area contributed by atoms with Gasteiger partial charge in [-0.15, -0.1) is 0 Å². The molecule has 34 heavy (non-hydrogen) atoms. The molecule has 178 valence electrons. The molecule has 3 atom stereocenters. The first kappa shape index (κ1) is 23.6. The molecule has 1 saturated carbocycles. The number of carbonyl (C=O) groups excluding carboxylic acids is 1. The Hall–Kier alpha value is -3.55. The molecule has 0 unspecified atom stereocenters. The first-order valence-corrected chi connectivity index (χ1v) is 11.0. The number of alkyl halides is 3. The number of hydrogen-bond acceptors (Lipinski definition) is 4. The molecule has 1 N–H and O–H groups in total. The van der Waals surface area contributed by atoms with Crippen LogP contribution >= 0.6 is 0 Å². The Labute approximate surface area is 195 Å². The number of aromatic nitrogens is 1. The number of amides is 1. The summed E-state index contributed by atoms with van der Waals surface area (Å²) >= 11 is 0. The van der Waals surface area contributed by atoms with Crippen LogP contribution < -0.4 is 14.8 Å². The van der Waals surface area contributed by atoms with Crippen LogP contribution in [0.15, 0.2) is 72.9 Å². The van der Waals surface area contributed by atoms with Crippen LogP contribution in [0.3, 0.4) is 0 Å². The lowest BCUT2D eigenvalue weighted by atomic mass is 10.1. The zero-order valence-electron chi connectivity index (χ0n) is 18.6. The van der Waals surface area contributed by atoms with Gasteiger partial charge >= 0.3 is 6.18 Å². The fourth-order valence-corrected chi connectivity index (χ4v) is 3.70. The van der Waals surface area contributed by atoms with Crippen LogP contribution in [0.5, 0.6) is 11.5 Å². The van der Waals surface area contributed by atoms with Crippen LogP contribution in [0.2, 0.25) is 0 Å². The Kier molecular flexibility index (Phi) is 7.05. The molecule has 1 aliphatic rings. The third kappa shape index (κ3) is 6.50. The minimum absolute atomic E-state index is 0.0260. The highest BCUT2D eigenvalue weighted by Gasteiger charge is 2.44. The van der Waals surface area contributed by atoms with Gasteiger partial charge in [0, 0.05) is 5.92 Å². The molecule has 8 heteroatoms. The van der Waals surface area contributed by atoms with E-state index in [0.717, 1.165) is 23.3 Å². The van der Waals surface area contributed by atoms with Gasteiger partial charge in [0.1, 0.15) is 18.1 Å². The minimum atomic E-state index is -4.41. The number of nitrogens with zero attached hydrogens (tertiary/aromatic N) is 1. The van der Waals surface area contributed by atoms with Crippen molar-refractivity contribution in [3.05, 3.63) is 89.7 Å². The molecule has 1 aliphatic carbocycles. The van der Waals surface area contributed by atoms with Crippen LogP contribution in [0.4, 0.5) is 13.2 Å². The first-order chi connectivity index (χ1) is 16.3. The van der Waals surface area contributed by atoms with Crippen molar-refractivity contribution in [3.63, 3.8) is 0 Å². The molecular weight excluding hydrogens is 445 g/mol. The number of hydrogen-bond donors (Lipinski definition) is 1. The lowest BCUT2D eigenvalue weighted by molar-refractivity contribution is -0.153. The Morgan fingerprint density at radius 2 is 1.74 bits per heavy atom. The van der Waals surface area contributed by atoms with Crippen molar-refractivity contribution in [2.24, 2.45) is 5.92 Å². The minimum Gasteiger partial charge on any atom is -0.489 e. The predicted molar refractivity (Wildman–Crippen MR) is 120 cm³/mol. The lowest BCUT2D eigenvalue weighted by Crippen LogP contribution is -2.29. The summed E-state index contributed by atoms with van der Waals surface area (Å²) in [6, 6.07) is 20.3. The number of carbonyl (C=O) groups is 1. The van der Waals surface area contributed by atoms with E-state index in [1.54, 1.807) is 13.0 Å². The summed E-state index contributed by atoms with van der Waals surface area (Å²) in [6.07, 6.45) is -2.41. The predicted octanol–water partition coefficient (Wildman–Crippen LogP) is 5.58. The highest BCUT2D eigenvalue weighted by Crippen LogP contribution is 2.48. The largest absolute Gasteiger partial charge is 0.489 e. The highest BCUT2D eigenvalue weighted by atomic mass is 19.4. The van der Waals surface area contributed by atoms with Gasteiger partial charge in [0.2, 0.25) is 5.91 Å². The van der Waals surface area contributed by atoms with Crippen LogP contribution in [-0.2, 0) is 11.4 Å².